The third-order valence-electron chi connectivity index (χ3n) is 4.42. The van der Waals surface area contributed by atoms with Gasteiger partial charge in [-0.25, -0.2) is 4.79 Å². The Morgan fingerprint density at radius 2 is 1.96 bits per heavy atom. The van der Waals surface area contributed by atoms with Gasteiger partial charge < -0.3 is 19.4 Å². The molecule has 0 radical (unpaired) electrons. The van der Waals surface area contributed by atoms with Crippen molar-refractivity contribution in [2.24, 2.45) is 0 Å². The molecule has 0 unspecified atom stereocenters. The minimum Gasteiger partial charge on any atom is -0.475 e. The average molecular weight is 312 g/mol. The lowest BCUT2D eigenvalue weighted by molar-refractivity contribution is 0.0665. The summed E-state index contributed by atoms with van der Waals surface area (Å²) in [5.74, 6) is -1.40. The number of nitrogens with zero attached hydrogens (tertiary/aromatic N) is 1. The summed E-state index contributed by atoms with van der Waals surface area (Å²) in [4.78, 5) is 28.6. The van der Waals surface area contributed by atoms with Crippen LogP contribution in [0, 0.1) is 0 Å². The number of nitrogens with one attached hydrogen (secondary N) is 1. The third-order valence-corrected chi connectivity index (χ3v) is 4.42. The summed E-state index contributed by atoms with van der Waals surface area (Å²) in [6.07, 6.45) is 3.50. The molecule has 3 aromatic rings. The van der Waals surface area contributed by atoms with Crippen LogP contribution >= 0.6 is 0 Å². The van der Waals surface area contributed by atoms with Gasteiger partial charge in [0, 0.05) is 29.9 Å². The van der Waals surface area contributed by atoms with Gasteiger partial charge in [0.1, 0.15) is 0 Å². The lowest BCUT2D eigenvalue weighted by atomic mass is 10.1. The monoisotopic (exact) mass is 312 g/mol. The van der Waals surface area contributed by atoms with Crippen LogP contribution in [0.1, 0.15) is 29.8 Å². The molecule has 2 N–H and O–H groups in total. The molecule has 1 aromatic carbocycles. The Labute approximate surface area is 131 Å². The van der Waals surface area contributed by atoms with Crippen LogP contribution in [0.15, 0.2) is 33.5 Å². The van der Waals surface area contributed by atoms with Crippen LogP contribution in [0.5, 0.6) is 0 Å². The van der Waals surface area contributed by atoms with Crippen molar-refractivity contribution in [2.45, 2.75) is 19.3 Å². The van der Waals surface area contributed by atoms with E-state index in [1.165, 1.54) is 12.5 Å². The number of hydrogen-bond acceptors (Lipinski definition) is 4. The second kappa shape index (κ2) is 5.15. The minimum atomic E-state index is -1.18. The molecule has 1 aliphatic rings. The van der Waals surface area contributed by atoms with Gasteiger partial charge in [0.05, 0.1) is 11.2 Å². The first kappa shape index (κ1) is 13.9. The van der Waals surface area contributed by atoms with Gasteiger partial charge in [0.25, 0.3) is 5.56 Å². The van der Waals surface area contributed by atoms with E-state index in [0.29, 0.717) is 5.39 Å². The SMILES string of the molecule is O=C(O)c1cc2c(o1)c(=O)[nH]c1c(N3CCCCC3)cccc12. The number of H-pyrrole nitrogens is 1. The fourth-order valence-electron chi connectivity index (χ4n) is 3.33. The van der Waals surface area contributed by atoms with Crippen molar-refractivity contribution in [3.63, 3.8) is 0 Å². The minimum absolute atomic E-state index is 0.0608. The van der Waals surface area contributed by atoms with Gasteiger partial charge in [0.15, 0.2) is 0 Å². The Morgan fingerprint density at radius 3 is 2.70 bits per heavy atom. The Kier molecular flexibility index (Phi) is 3.11. The van der Waals surface area contributed by atoms with E-state index in [4.69, 9.17) is 9.52 Å². The van der Waals surface area contributed by atoms with Gasteiger partial charge in [-0.1, -0.05) is 12.1 Å². The zero-order valence-corrected chi connectivity index (χ0v) is 12.5. The number of anilines is 1. The van der Waals surface area contributed by atoms with Gasteiger partial charge in [-0.15, -0.1) is 0 Å². The molecule has 0 aliphatic carbocycles. The first-order valence-electron chi connectivity index (χ1n) is 7.72. The van der Waals surface area contributed by atoms with E-state index in [0.717, 1.165) is 42.5 Å². The van der Waals surface area contributed by atoms with Crippen molar-refractivity contribution in [1.29, 1.82) is 0 Å². The number of aromatic carboxylic acids is 1. The maximum absolute atomic E-state index is 12.3. The molecule has 0 spiro atoms. The van der Waals surface area contributed by atoms with Crippen molar-refractivity contribution in [3.8, 4) is 0 Å². The summed E-state index contributed by atoms with van der Waals surface area (Å²) in [5, 5.41) is 10.4. The third kappa shape index (κ3) is 2.18. The highest BCUT2D eigenvalue weighted by molar-refractivity contribution is 6.09. The molecule has 118 valence electrons. The van der Waals surface area contributed by atoms with Crippen LogP contribution in [0.25, 0.3) is 21.9 Å². The van der Waals surface area contributed by atoms with E-state index in [-0.39, 0.29) is 11.3 Å². The van der Waals surface area contributed by atoms with Crippen LogP contribution < -0.4 is 10.5 Å². The molecule has 0 amide bonds. The second-order valence-corrected chi connectivity index (χ2v) is 5.86. The van der Waals surface area contributed by atoms with Crippen molar-refractivity contribution in [3.05, 3.63) is 40.4 Å². The Morgan fingerprint density at radius 1 is 1.17 bits per heavy atom. The number of rotatable bonds is 2. The summed E-state index contributed by atoms with van der Waals surface area (Å²) in [7, 11) is 0. The fourth-order valence-corrected chi connectivity index (χ4v) is 3.33. The maximum Gasteiger partial charge on any atom is 0.371 e. The zero-order chi connectivity index (χ0) is 16.0. The summed E-state index contributed by atoms with van der Waals surface area (Å²) in [5.41, 5.74) is 1.39. The molecule has 1 fully saturated rings. The molecule has 2 aromatic heterocycles. The topological polar surface area (TPSA) is 86.5 Å². The van der Waals surface area contributed by atoms with Crippen molar-refractivity contribution in [2.75, 3.05) is 18.0 Å². The number of piperidine rings is 1. The quantitative estimate of drug-likeness (QED) is 0.759. The maximum atomic E-state index is 12.3. The number of hydrogen-bond donors (Lipinski definition) is 2. The van der Waals surface area contributed by atoms with Gasteiger partial charge in [-0.05, 0) is 25.3 Å². The Hall–Kier alpha value is -2.76. The van der Waals surface area contributed by atoms with Crippen molar-refractivity contribution in [1.82, 2.24) is 4.98 Å². The molecule has 0 bridgehead atoms. The number of benzene rings is 1. The Bertz CT molecular complexity index is 964. The smallest absolute Gasteiger partial charge is 0.371 e. The fraction of sp³-hybridized carbons (Fsp3) is 0.294. The van der Waals surface area contributed by atoms with Crippen LogP contribution in [0.3, 0.4) is 0 Å². The molecular formula is C17H16N2O4. The van der Waals surface area contributed by atoms with Gasteiger partial charge in [-0.2, -0.15) is 0 Å². The highest BCUT2D eigenvalue weighted by atomic mass is 16.4. The van der Waals surface area contributed by atoms with E-state index in [1.54, 1.807) is 0 Å². The van der Waals surface area contributed by atoms with Crippen LogP contribution in [-0.4, -0.2) is 29.1 Å². The number of aromatic nitrogens is 1. The molecule has 4 rings (SSSR count). The average Bonchev–Trinajstić information content (AvgIpc) is 3.02. The molecule has 1 aliphatic heterocycles. The normalized spacial score (nSPS) is 15.4. The van der Waals surface area contributed by atoms with Gasteiger partial charge in [0.2, 0.25) is 11.3 Å². The second-order valence-electron chi connectivity index (χ2n) is 5.86. The molecule has 1 saturated heterocycles. The number of furan rings is 1. The number of fused-ring (bicyclic) bond motifs is 3. The first-order chi connectivity index (χ1) is 11.1. The highest BCUT2D eigenvalue weighted by Gasteiger charge is 2.19. The van der Waals surface area contributed by atoms with E-state index >= 15 is 0 Å². The number of carboxylic acid groups (broad SMARTS) is 1. The molecule has 6 nitrogen and oxygen atoms in total. The van der Waals surface area contributed by atoms with E-state index < -0.39 is 11.5 Å². The number of carboxylic acids is 1. The van der Waals surface area contributed by atoms with Crippen LogP contribution in [-0.2, 0) is 0 Å². The summed E-state index contributed by atoms with van der Waals surface area (Å²) >= 11 is 0. The molecule has 0 saturated carbocycles. The van der Waals surface area contributed by atoms with E-state index in [9.17, 15) is 9.59 Å². The van der Waals surface area contributed by atoms with Gasteiger partial charge >= 0.3 is 5.97 Å². The van der Waals surface area contributed by atoms with E-state index in [1.807, 2.05) is 18.2 Å². The number of aromatic amines is 1. The van der Waals surface area contributed by atoms with E-state index in [2.05, 4.69) is 9.88 Å². The zero-order valence-electron chi connectivity index (χ0n) is 12.5. The molecule has 6 heteroatoms. The summed E-state index contributed by atoms with van der Waals surface area (Å²) in [6, 6.07) is 7.22. The predicted octanol–water partition coefficient (Wildman–Crippen LogP) is 2.96. The summed E-state index contributed by atoms with van der Waals surface area (Å²) < 4.78 is 5.20. The summed E-state index contributed by atoms with van der Waals surface area (Å²) in [6.45, 7) is 1.93. The Balaban J connectivity index is 2.00. The van der Waals surface area contributed by atoms with Crippen molar-refractivity contribution >= 4 is 33.5 Å². The number of carbonyl (C=O) groups is 1. The molecule has 23 heavy (non-hydrogen) atoms. The lowest BCUT2D eigenvalue weighted by Gasteiger charge is -2.29. The highest BCUT2D eigenvalue weighted by Crippen LogP contribution is 2.31. The van der Waals surface area contributed by atoms with Crippen LogP contribution in [0.2, 0.25) is 0 Å². The standard InChI is InChI=1S/C17H16N2O4/c20-16-15-11(9-13(23-15)17(21)22)10-5-4-6-12(14(10)18-16)19-7-2-1-3-8-19/h4-6,9H,1-3,7-8H2,(H,18,20)(H,21,22). The van der Waals surface area contributed by atoms with Crippen LogP contribution in [0.4, 0.5) is 5.69 Å². The molecule has 3 heterocycles. The number of pyridine rings is 1. The number of para-hydroxylation sites is 1. The lowest BCUT2D eigenvalue weighted by Crippen LogP contribution is -2.29. The van der Waals surface area contributed by atoms with Crippen molar-refractivity contribution < 1.29 is 14.3 Å². The first-order valence-corrected chi connectivity index (χ1v) is 7.72. The molecular weight excluding hydrogens is 296 g/mol. The predicted molar refractivity (Wildman–Crippen MR) is 87.4 cm³/mol. The largest absolute Gasteiger partial charge is 0.475 e. The molecule has 0 atom stereocenters. The van der Waals surface area contributed by atoms with Gasteiger partial charge in [-0.3, -0.25) is 4.79 Å².